The lowest BCUT2D eigenvalue weighted by Gasteiger charge is -2.54. The highest BCUT2D eigenvalue weighted by molar-refractivity contribution is 5.77. The van der Waals surface area contributed by atoms with Crippen LogP contribution in [0.3, 0.4) is 0 Å². The van der Waals surface area contributed by atoms with Crippen molar-refractivity contribution in [1.82, 2.24) is 4.90 Å². The molecule has 5 nitrogen and oxygen atoms in total. The van der Waals surface area contributed by atoms with Gasteiger partial charge in [-0.15, -0.1) is 0 Å². The Bertz CT molecular complexity index is 968. The quantitative estimate of drug-likeness (QED) is 0.129. The number of carbonyl (C=O) groups excluding carboxylic acids is 2. The third kappa shape index (κ3) is 10.8. The molecule has 1 unspecified atom stereocenters. The summed E-state index contributed by atoms with van der Waals surface area (Å²) in [6.45, 7) is 37.7. The zero-order chi connectivity index (χ0) is 34.5. The molecule has 43 heavy (non-hydrogen) atoms. The first-order valence-corrected chi connectivity index (χ1v) is 16.4. The van der Waals surface area contributed by atoms with Gasteiger partial charge in [0.1, 0.15) is 12.7 Å². The summed E-state index contributed by atoms with van der Waals surface area (Å²) in [5, 5.41) is 0. The van der Waals surface area contributed by atoms with E-state index in [2.05, 4.69) is 113 Å². The number of carbonyl (C=O) groups is 2. The minimum atomic E-state index is -0.941. The van der Waals surface area contributed by atoms with Crippen molar-refractivity contribution in [3.63, 3.8) is 0 Å². The summed E-state index contributed by atoms with van der Waals surface area (Å²) in [4.78, 5) is 29.2. The molecule has 0 aliphatic rings. The van der Waals surface area contributed by atoms with Gasteiger partial charge in [-0.05, 0) is 68.5 Å². The molecule has 0 aromatic heterocycles. The summed E-state index contributed by atoms with van der Waals surface area (Å²) in [5.41, 5.74) is -2.53. The monoisotopic (exact) mass is 606 g/mol. The second-order valence-corrected chi connectivity index (χ2v) is 17.8. The minimum Gasteiger partial charge on any atom is -0.461 e. The Morgan fingerprint density at radius 2 is 1.23 bits per heavy atom. The third-order valence-corrected chi connectivity index (χ3v) is 11.5. The summed E-state index contributed by atoms with van der Waals surface area (Å²) in [5.74, 6) is -0.0533. The first-order chi connectivity index (χ1) is 19.0. The summed E-state index contributed by atoms with van der Waals surface area (Å²) in [6, 6.07) is 0. The molecular weight excluding hydrogens is 534 g/mol. The van der Waals surface area contributed by atoms with Crippen molar-refractivity contribution in [3.05, 3.63) is 24.3 Å². The first-order valence-electron chi connectivity index (χ1n) is 16.4. The molecule has 0 bridgehead atoms. The van der Waals surface area contributed by atoms with E-state index in [1.54, 1.807) is 0 Å². The number of hydrogen-bond donors (Lipinski definition) is 0. The van der Waals surface area contributed by atoms with Crippen LogP contribution in [0.1, 0.15) is 131 Å². The number of rotatable bonds is 16. The molecular formula is C38H71NO4. The lowest BCUT2D eigenvalue weighted by Crippen LogP contribution is -2.58. The highest BCUT2D eigenvalue weighted by Gasteiger charge is 2.58. The highest BCUT2D eigenvalue weighted by atomic mass is 16.5. The van der Waals surface area contributed by atoms with E-state index >= 15 is 0 Å². The molecule has 1 atom stereocenters. The van der Waals surface area contributed by atoms with E-state index in [0.717, 1.165) is 6.54 Å². The van der Waals surface area contributed by atoms with Crippen molar-refractivity contribution >= 4 is 11.9 Å². The Balaban J connectivity index is 6.49. The minimum absolute atomic E-state index is 0.0133. The standard InChI is InChI=1S/C38H71NO4/c1-28(2)33(6,7)24-25-35(10,11)36(12,13)30(43-29(40)22-20-26-39(18)19)37(14,15)38(16,17)31(41)42-27-21-23-34(8,9)32(3,4)5/h21,23-25,28,30H,20,22,26-27H2,1-19H3/b23-21+,25-24?. The third-order valence-electron chi connectivity index (χ3n) is 11.5. The van der Waals surface area contributed by atoms with Crippen molar-refractivity contribution in [1.29, 1.82) is 0 Å². The molecule has 252 valence electrons. The lowest BCUT2D eigenvalue weighted by atomic mass is 9.53. The van der Waals surface area contributed by atoms with Gasteiger partial charge in [0.05, 0.1) is 5.41 Å². The van der Waals surface area contributed by atoms with Crippen molar-refractivity contribution in [2.45, 2.75) is 137 Å². The number of esters is 2. The zero-order valence-electron chi connectivity index (χ0n) is 31.9. The zero-order valence-corrected chi connectivity index (χ0v) is 31.9. The van der Waals surface area contributed by atoms with Crippen molar-refractivity contribution in [2.24, 2.45) is 43.8 Å². The van der Waals surface area contributed by atoms with Gasteiger partial charge < -0.3 is 14.4 Å². The average molecular weight is 606 g/mol. The predicted octanol–water partition coefficient (Wildman–Crippen LogP) is 9.75. The molecule has 0 radical (unpaired) electrons. The number of nitrogens with zero attached hydrogens (tertiary/aromatic N) is 1. The molecule has 0 aliphatic carbocycles. The van der Waals surface area contributed by atoms with Crippen LogP contribution in [-0.2, 0) is 19.1 Å². The SMILES string of the molecule is CC(C)C(C)(C)C=CC(C)(C)C(C)(C)C(OC(=O)CCCN(C)C)C(C)(C)C(C)(C)C(=O)OC/C=C/C(C)(C)C(C)(C)C. The largest absolute Gasteiger partial charge is 0.461 e. The predicted molar refractivity (Wildman–Crippen MR) is 184 cm³/mol. The maximum absolute atomic E-state index is 13.8. The van der Waals surface area contributed by atoms with Crippen LogP contribution in [-0.4, -0.2) is 50.2 Å². The fraction of sp³-hybridized carbons (Fsp3) is 0.842. The van der Waals surface area contributed by atoms with Crippen LogP contribution >= 0.6 is 0 Å². The molecule has 0 saturated carbocycles. The van der Waals surface area contributed by atoms with Gasteiger partial charge >= 0.3 is 11.9 Å². The van der Waals surface area contributed by atoms with E-state index in [4.69, 9.17) is 9.47 Å². The van der Waals surface area contributed by atoms with Gasteiger partial charge in [0, 0.05) is 17.3 Å². The second kappa shape index (κ2) is 14.6. The summed E-state index contributed by atoms with van der Waals surface area (Å²) in [6.07, 6.45) is 9.14. The molecule has 0 aromatic carbocycles. The number of hydrogen-bond acceptors (Lipinski definition) is 5. The van der Waals surface area contributed by atoms with Crippen LogP contribution < -0.4 is 0 Å². The summed E-state index contributed by atoms with van der Waals surface area (Å²) in [7, 11) is 4.00. The molecule has 0 heterocycles. The maximum atomic E-state index is 13.8. The van der Waals surface area contributed by atoms with E-state index in [1.807, 2.05) is 47.9 Å². The van der Waals surface area contributed by atoms with Gasteiger partial charge in [0.25, 0.3) is 0 Å². The number of allylic oxidation sites excluding steroid dienone is 3. The van der Waals surface area contributed by atoms with E-state index in [1.165, 1.54) is 0 Å². The number of ether oxygens (including phenoxy) is 2. The maximum Gasteiger partial charge on any atom is 0.312 e. The Labute approximate surface area is 267 Å². The van der Waals surface area contributed by atoms with Crippen LogP contribution in [0, 0.1) is 43.8 Å². The van der Waals surface area contributed by atoms with Gasteiger partial charge in [-0.25, -0.2) is 0 Å². The Hall–Kier alpha value is -1.62. The molecule has 0 saturated heterocycles. The van der Waals surface area contributed by atoms with Crippen molar-refractivity contribution in [2.75, 3.05) is 27.2 Å². The van der Waals surface area contributed by atoms with Crippen LogP contribution in [0.15, 0.2) is 24.3 Å². The Morgan fingerprint density at radius 3 is 1.67 bits per heavy atom. The second-order valence-electron chi connectivity index (χ2n) is 17.8. The lowest BCUT2D eigenvalue weighted by molar-refractivity contribution is -0.195. The summed E-state index contributed by atoms with van der Waals surface area (Å²) >= 11 is 0. The van der Waals surface area contributed by atoms with Gasteiger partial charge in [-0.3, -0.25) is 9.59 Å². The van der Waals surface area contributed by atoms with Crippen LogP contribution in [0.2, 0.25) is 0 Å². The Kier molecular flexibility index (Phi) is 14.1. The molecule has 5 heteroatoms. The van der Waals surface area contributed by atoms with Gasteiger partial charge in [-0.2, -0.15) is 0 Å². The Morgan fingerprint density at radius 1 is 0.721 bits per heavy atom. The molecule has 0 rings (SSSR count). The van der Waals surface area contributed by atoms with Gasteiger partial charge in [0.15, 0.2) is 0 Å². The van der Waals surface area contributed by atoms with Gasteiger partial charge in [-0.1, -0.05) is 128 Å². The van der Waals surface area contributed by atoms with Crippen molar-refractivity contribution < 1.29 is 19.1 Å². The van der Waals surface area contributed by atoms with E-state index in [0.29, 0.717) is 18.8 Å². The van der Waals surface area contributed by atoms with Gasteiger partial charge in [0.2, 0.25) is 0 Å². The van der Waals surface area contributed by atoms with Crippen LogP contribution in [0.25, 0.3) is 0 Å². The van der Waals surface area contributed by atoms with Crippen molar-refractivity contribution in [3.8, 4) is 0 Å². The van der Waals surface area contributed by atoms with E-state index < -0.39 is 22.3 Å². The molecule has 0 amide bonds. The van der Waals surface area contributed by atoms with Crippen LogP contribution in [0.5, 0.6) is 0 Å². The molecule has 0 fully saturated rings. The normalized spacial score (nSPS) is 15.6. The molecule has 0 spiro atoms. The van der Waals surface area contributed by atoms with E-state index in [-0.39, 0.29) is 40.2 Å². The summed E-state index contributed by atoms with van der Waals surface area (Å²) < 4.78 is 12.3. The van der Waals surface area contributed by atoms with Crippen LogP contribution in [0.4, 0.5) is 0 Å². The molecule has 0 aliphatic heterocycles. The van der Waals surface area contributed by atoms with E-state index in [9.17, 15) is 9.59 Å². The molecule has 0 N–H and O–H groups in total. The fourth-order valence-electron chi connectivity index (χ4n) is 4.58. The highest BCUT2D eigenvalue weighted by Crippen LogP contribution is 2.55. The average Bonchev–Trinajstić information content (AvgIpc) is 2.82. The first kappa shape index (κ1) is 41.4. The molecule has 0 aromatic rings. The topological polar surface area (TPSA) is 55.8 Å². The fourth-order valence-corrected chi connectivity index (χ4v) is 4.58. The smallest absolute Gasteiger partial charge is 0.312 e.